The molecule has 1 saturated heterocycles. The molecule has 1 aromatic heterocycles. The zero-order valence-corrected chi connectivity index (χ0v) is 12.6. The minimum atomic E-state index is -0.410. The SMILES string of the molecule is CCCC(O)Cc1nc(C2CN(C(C)C)CCO2)no1. The van der Waals surface area contributed by atoms with E-state index >= 15 is 0 Å². The molecule has 0 aliphatic carbocycles. The molecule has 2 rings (SSSR count). The van der Waals surface area contributed by atoms with Gasteiger partial charge in [0.1, 0.15) is 6.10 Å². The molecule has 2 atom stereocenters. The third-order valence-corrected chi connectivity index (χ3v) is 3.63. The zero-order chi connectivity index (χ0) is 14.5. The van der Waals surface area contributed by atoms with Crippen LogP contribution >= 0.6 is 0 Å². The lowest BCUT2D eigenvalue weighted by Crippen LogP contribution is -2.42. The molecular formula is C14H25N3O3. The van der Waals surface area contributed by atoms with Gasteiger partial charge in [0.05, 0.1) is 19.1 Å². The van der Waals surface area contributed by atoms with Crippen molar-refractivity contribution in [1.82, 2.24) is 15.0 Å². The first-order valence-corrected chi connectivity index (χ1v) is 7.46. The van der Waals surface area contributed by atoms with Crippen molar-refractivity contribution < 1.29 is 14.4 Å². The molecule has 1 N–H and O–H groups in total. The second kappa shape index (κ2) is 7.15. The lowest BCUT2D eigenvalue weighted by Gasteiger charge is -2.34. The van der Waals surface area contributed by atoms with Crippen molar-refractivity contribution in [3.05, 3.63) is 11.7 Å². The summed E-state index contributed by atoms with van der Waals surface area (Å²) in [5.74, 6) is 1.08. The summed E-state index contributed by atoms with van der Waals surface area (Å²) >= 11 is 0. The van der Waals surface area contributed by atoms with Gasteiger partial charge in [-0.1, -0.05) is 18.5 Å². The van der Waals surface area contributed by atoms with E-state index in [1.165, 1.54) is 0 Å². The van der Waals surface area contributed by atoms with E-state index in [1.807, 2.05) is 6.92 Å². The Labute approximate surface area is 120 Å². The second-order valence-corrected chi connectivity index (χ2v) is 5.64. The van der Waals surface area contributed by atoms with Gasteiger partial charge in [-0.05, 0) is 20.3 Å². The summed E-state index contributed by atoms with van der Waals surface area (Å²) in [4.78, 5) is 6.70. The van der Waals surface area contributed by atoms with Gasteiger partial charge in [-0.15, -0.1) is 0 Å². The largest absolute Gasteiger partial charge is 0.393 e. The van der Waals surface area contributed by atoms with Gasteiger partial charge < -0.3 is 14.4 Å². The molecule has 6 heteroatoms. The lowest BCUT2D eigenvalue weighted by atomic mass is 10.1. The Bertz CT molecular complexity index is 408. The maximum absolute atomic E-state index is 9.77. The summed E-state index contributed by atoms with van der Waals surface area (Å²) in [7, 11) is 0. The number of ether oxygens (including phenoxy) is 1. The predicted molar refractivity (Wildman–Crippen MR) is 74.3 cm³/mol. The molecule has 0 radical (unpaired) electrons. The molecule has 1 fully saturated rings. The van der Waals surface area contributed by atoms with Crippen molar-refractivity contribution in [1.29, 1.82) is 0 Å². The van der Waals surface area contributed by atoms with Gasteiger partial charge in [0, 0.05) is 19.1 Å². The van der Waals surface area contributed by atoms with Crippen LogP contribution in [-0.4, -0.2) is 52.0 Å². The highest BCUT2D eigenvalue weighted by atomic mass is 16.5. The van der Waals surface area contributed by atoms with E-state index in [0.717, 1.165) is 25.9 Å². The van der Waals surface area contributed by atoms with E-state index in [9.17, 15) is 5.11 Å². The Balaban J connectivity index is 1.94. The molecule has 1 aliphatic rings. The van der Waals surface area contributed by atoms with Crippen LogP contribution in [0, 0.1) is 0 Å². The number of rotatable bonds is 6. The number of hydrogen-bond donors (Lipinski definition) is 1. The van der Waals surface area contributed by atoms with Gasteiger partial charge in [0.15, 0.2) is 0 Å². The summed E-state index contributed by atoms with van der Waals surface area (Å²) < 4.78 is 10.9. The fourth-order valence-corrected chi connectivity index (χ4v) is 2.41. The molecule has 114 valence electrons. The van der Waals surface area contributed by atoms with Gasteiger partial charge in [-0.3, -0.25) is 4.90 Å². The first-order chi connectivity index (χ1) is 9.60. The monoisotopic (exact) mass is 283 g/mol. The molecule has 6 nitrogen and oxygen atoms in total. The predicted octanol–water partition coefficient (Wildman–Crippen LogP) is 1.55. The second-order valence-electron chi connectivity index (χ2n) is 5.64. The van der Waals surface area contributed by atoms with Crippen molar-refractivity contribution in [3.8, 4) is 0 Å². The average Bonchev–Trinajstić information content (AvgIpc) is 2.87. The van der Waals surface area contributed by atoms with E-state index in [-0.39, 0.29) is 6.10 Å². The first-order valence-electron chi connectivity index (χ1n) is 7.46. The van der Waals surface area contributed by atoms with Gasteiger partial charge >= 0.3 is 0 Å². The Morgan fingerprint density at radius 2 is 2.25 bits per heavy atom. The minimum Gasteiger partial charge on any atom is -0.393 e. The maximum atomic E-state index is 9.77. The average molecular weight is 283 g/mol. The van der Waals surface area contributed by atoms with Crippen molar-refractivity contribution >= 4 is 0 Å². The first kappa shape index (κ1) is 15.4. The molecule has 0 aromatic carbocycles. The topological polar surface area (TPSA) is 71.6 Å². The molecule has 1 aliphatic heterocycles. The molecule has 0 saturated carbocycles. The van der Waals surface area contributed by atoms with E-state index in [2.05, 4.69) is 28.9 Å². The fraction of sp³-hybridized carbons (Fsp3) is 0.857. The van der Waals surface area contributed by atoms with Gasteiger partial charge in [-0.2, -0.15) is 4.98 Å². The smallest absolute Gasteiger partial charge is 0.229 e. The van der Waals surface area contributed by atoms with E-state index in [0.29, 0.717) is 30.8 Å². The van der Waals surface area contributed by atoms with Crippen molar-refractivity contribution in [2.24, 2.45) is 0 Å². The van der Waals surface area contributed by atoms with Crippen LogP contribution in [0.15, 0.2) is 4.52 Å². The van der Waals surface area contributed by atoms with E-state index in [1.54, 1.807) is 0 Å². The summed E-state index contributed by atoms with van der Waals surface area (Å²) in [6.07, 6.45) is 1.57. The van der Waals surface area contributed by atoms with Crippen LogP contribution in [0.25, 0.3) is 0 Å². The quantitative estimate of drug-likeness (QED) is 0.854. The van der Waals surface area contributed by atoms with Crippen LogP contribution < -0.4 is 0 Å². The molecule has 0 amide bonds. The summed E-state index contributed by atoms with van der Waals surface area (Å²) in [5.41, 5.74) is 0. The summed E-state index contributed by atoms with van der Waals surface area (Å²) in [6.45, 7) is 8.79. The summed E-state index contributed by atoms with van der Waals surface area (Å²) in [5, 5.41) is 13.8. The van der Waals surface area contributed by atoms with Crippen LogP contribution in [0.5, 0.6) is 0 Å². The number of aromatic nitrogens is 2. The number of morpholine rings is 1. The fourth-order valence-electron chi connectivity index (χ4n) is 2.41. The third-order valence-electron chi connectivity index (χ3n) is 3.63. The summed E-state index contributed by atoms with van der Waals surface area (Å²) in [6, 6.07) is 0.485. The number of aliphatic hydroxyl groups is 1. The Kier molecular flexibility index (Phi) is 5.51. The van der Waals surface area contributed by atoms with Crippen LogP contribution in [-0.2, 0) is 11.2 Å². The van der Waals surface area contributed by atoms with Gasteiger partial charge in [0.25, 0.3) is 0 Å². The molecule has 2 heterocycles. The number of nitrogens with zero attached hydrogens (tertiary/aromatic N) is 3. The maximum Gasteiger partial charge on any atom is 0.229 e. The molecule has 0 bridgehead atoms. The Morgan fingerprint density at radius 3 is 2.95 bits per heavy atom. The van der Waals surface area contributed by atoms with Crippen LogP contribution in [0.4, 0.5) is 0 Å². The Hall–Kier alpha value is -0.980. The molecular weight excluding hydrogens is 258 g/mol. The number of aliphatic hydroxyl groups excluding tert-OH is 1. The lowest BCUT2D eigenvalue weighted by molar-refractivity contribution is -0.0450. The molecule has 1 aromatic rings. The highest BCUT2D eigenvalue weighted by Crippen LogP contribution is 2.21. The molecule has 2 unspecified atom stereocenters. The third kappa shape index (κ3) is 4.01. The minimum absolute atomic E-state index is 0.132. The van der Waals surface area contributed by atoms with Crippen molar-refractivity contribution in [3.63, 3.8) is 0 Å². The number of hydrogen-bond acceptors (Lipinski definition) is 6. The van der Waals surface area contributed by atoms with Crippen LogP contribution in [0.3, 0.4) is 0 Å². The zero-order valence-electron chi connectivity index (χ0n) is 12.6. The van der Waals surface area contributed by atoms with Crippen LogP contribution in [0.2, 0.25) is 0 Å². The molecule has 0 spiro atoms. The van der Waals surface area contributed by atoms with Gasteiger partial charge in [-0.25, -0.2) is 0 Å². The van der Waals surface area contributed by atoms with E-state index in [4.69, 9.17) is 9.26 Å². The standard InChI is InChI=1S/C14H25N3O3/c1-4-5-11(18)8-13-15-14(16-20-13)12-9-17(10(2)3)6-7-19-12/h10-12,18H,4-9H2,1-3H3. The Morgan fingerprint density at radius 1 is 1.45 bits per heavy atom. The molecule has 20 heavy (non-hydrogen) atoms. The van der Waals surface area contributed by atoms with E-state index < -0.39 is 6.10 Å². The van der Waals surface area contributed by atoms with Crippen molar-refractivity contribution in [2.45, 2.75) is 58.3 Å². The van der Waals surface area contributed by atoms with Crippen LogP contribution in [0.1, 0.15) is 51.4 Å². The van der Waals surface area contributed by atoms with Crippen molar-refractivity contribution in [2.75, 3.05) is 19.7 Å². The normalized spacial score (nSPS) is 22.4. The highest BCUT2D eigenvalue weighted by Gasteiger charge is 2.27. The van der Waals surface area contributed by atoms with Gasteiger partial charge in [0.2, 0.25) is 11.7 Å². The highest BCUT2D eigenvalue weighted by molar-refractivity contribution is 4.95.